The number of phenolic OH excluding ortho intramolecular Hbond substituents is 1. The van der Waals surface area contributed by atoms with E-state index in [-0.39, 0.29) is 48.2 Å². The normalized spacial score (nSPS) is 15.1. The van der Waals surface area contributed by atoms with Crippen molar-refractivity contribution in [3.63, 3.8) is 0 Å². The quantitative estimate of drug-likeness (QED) is 0.0542. The summed E-state index contributed by atoms with van der Waals surface area (Å²) in [5.41, 5.74) is 9.32. The monoisotopic (exact) mass is 1400 g/mol. The molecule has 0 saturated carbocycles. The maximum atomic E-state index is 12.8. The number of carboxylic acid groups (broad SMARTS) is 1. The van der Waals surface area contributed by atoms with Crippen LogP contribution in [0.4, 0.5) is 5.69 Å². The molecule has 418 valence electrons. The molecule has 0 fully saturated rings. The molecule has 4 N–H and O–H groups in total. The van der Waals surface area contributed by atoms with Gasteiger partial charge in [-0.05, 0) is 168 Å². The number of halogens is 4. The molecule has 0 spiro atoms. The molecule has 6 aromatic carbocycles. The van der Waals surface area contributed by atoms with Crippen molar-refractivity contribution >= 4 is 123 Å². The number of phenols is 1. The number of hydrogen-bond donors (Lipinski definition) is 4. The second-order valence-electron chi connectivity index (χ2n) is 20.3. The molecular weight excluding hydrogens is 1360 g/mol. The molecule has 1 aliphatic carbocycles. The van der Waals surface area contributed by atoms with E-state index in [2.05, 4.69) is 85.3 Å². The van der Waals surface area contributed by atoms with E-state index < -0.39 is 36.0 Å². The molecule has 0 radical (unpaired) electrons. The summed E-state index contributed by atoms with van der Waals surface area (Å²) < 4.78 is 91.3. The van der Waals surface area contributed by atoms with Crippen LogP contribution in [0.2, 0.25) is 0 Å². The lowest BCUT2D eigenvalue weighted by molar-refractivity contribution is 0.0697. The van der Waals surface area contributed by atoms with Crippen LogP contribution < -0.4 is 35.8 Å². The van der Waals surface area contributed by atoms with E-state index in [1.165, 1.54) is 46.4 Å². The zero-order valence-corrected chi connectivity index (χ0v) is 50.9. The minimum absolute atomic E-state index is 0.0753. The Morgan fingerprint density at radius 2 is 1.35 bits per heavy atom. The lowest BCUT2D eigenvalue weighted by Gasteiger charge is -2.39. The van der Waals surface area contributed by atoms with Crippen LogP contribution in [0.25, 0.3) is 50.0 Å². The molecule has 7 aromatic rings. The number of carboxylic acids is 1. The number of aryl methyl sites for hydroxylation is 2. The van der Waals surface area contributed by atoms with Gasteiger partial charge >= 0.3 is 11.6 Å². The number of nitrogens with zero attached hydrogens (tertiary/aromatic N) is 2. The van der Waals surface area contributed by atoms with Crippen molar-refractivity contribution in [2.24, 2.45) is 0 Å². The minimum Gasteiger partial charge on any atom is -0.505 e. The summed E-state index contributed by atoms with van der Waals surface area (Å²) in [4.78, 5) is 36.3. The van der Waals surface area contributed by atoms with Crippen molar-refractivity contribution in [2.45, 2.75) is 61.2 Å². The van der Waals surface area contributed by atoms with Crippen LogP contribution in [0, 0.1) is 0 Å². The fourth-order valence-corrected chi connectivity index (χ4v) is 15.8. The Kier molecular flexibility index (Phi) is 14.8. The van der Waals surface area contributed by atoms with E-state index >= 15 is 0 Å². The maximum absolute atomic E-state index is 12.8. The molecule has 16 nitrogen and oxygen atoms in total. The average Bonchev–Trinajstić information content (AvgIpc) is 1.44. The molecule has 6 aliphatic heterocycles. The molecular formula is C60H45Br4N2O14S2+. The summed E-state index contributed by atoms with van der Waals surface area (Å²) in [5, 5.41) is 23.5. The first-order chi connectivity index (χ1) is 39.2. The molecule has 0 amide bonds. The van der Waals surface area contributed by atoms with Crippen molar-refractivity contribution in [2.75, 3.05) is 31.1 Å². The molecule has 7 heterocycles. The van der Waals surface area contributed by atoms with Gasteiger partial charge in [-0.2, -0.15) is 16.8 Å². The zero-order valence-electron chi connectivity index (χ0n) is 42.9. The first-order valence-corrected chi connectivity index (χ1v) is 32.0. The van der Waals surface area contributed by atoms with Crippen LogP contribution in [0.3, 0.4) is 0 Å². The Balaban J connectivity index is 0.000000143. The van der Waals surface area contributed by atoms with Crippen molar-refractivity contribution in [1.82, 2.24) is 4.58 Å². The molecule has 0 saturated heterocycles. The highest BCUT2D eigenvalue weighted by Crippen LogP contribution is 2.51. The highest BCUT2D eigenvalue weighted by atomic mass is 79.9. The molecule has 7 aliphatic rings. The molecule has 82 heavy (non-hydrogen) atoms. The predicted octanol–water partition coefficient (Wildman–Crippen LogP) is 11.4. The summed E-state index contributed by atoms with van der Waals surface area (Å²) in [6, 6.07) is 28.1. The molecule has 22 heteroatoms. The van der Waals surface area contributed by atoms with Gasteiger partial charge in [0.1, 0.15) is 49.8 Å². The Morgan fingerprint density at radius 1 is 0.646 bits per heavy atom. The Morgan fingerprint density at radius 3 is 2.11 bits per heavy atom. The van der Waals surface area contributed by atoms with Gasteiger partial charge in [0.2, 0.25) is 10.8 Å². The number of carbonyl (C=O) groups is 1. The molecule has 0 unspecified atom stereocenters. The fourth-order valence-electron chi connectivity index (χ4n) is 12.1. The molecule has 0 atom stereocenters. The van der Waals surface area contributed by atoms with Crippen molar-refractivity contribution in [1.29, 1.82) is 0 Å². The average molecular weight is 1400 g/mol. The van der Waals surface area contributed by atoms with E-state index in [1.54, 1.807) is 42.5 Å². The summed E-state index contributed by atoms with van der Waals surface area (Å²) in [7, 11) is -9.60. The lowest BCUT2D eigenvalue weighted by atomic mass is 9.82. The fraction of sp³-hybridized carbons (Fsp3) is 0.200. The summed E-state index contributed by atoms with van der Waals surface area (Å²) >= 11 is 13.2. The number of aromatic carboxylic acids is 1. The number of anilines is 1. The van der Waals surface area contributed by atoms with Crippen LogP contribution in [0.15, 0.2) is 149 Å². The second kappa shape index (κ2) is 21.6. The number of ether oxygens (including phenoxy) is 1. The minimum atomic E-state index is -4.89. The van der Waals surface area contributed by atoms with Gasteiger partial charge < -0.3 is 28.7 Å². The van der Waals surface area contributed by atoms with Gasteiger partial charge in [0.15, 0.2) is 11.3 Å². The van der Waals surface area contributed by atoms with Crippen LogP contribution in [0.1, 0.15) is 69.4 Å². The summed E-state index contributed by atoms with van der Waals surface area (Å²) in [6.45, 7) is 3.96. The molecule has 1 aromatic heterocycles. The highest BCUT2D eigenvalue weighted by molar-refractivity contribution is 9.11. The number of para-hydroxylation sites is 1. The molecule has 0 bridgehead atoms. The standard InChI is InChI=1S/C31H30N2O7S2.C20H8Br4O5.C9H6O2/c34-41(35,36)20-9-10-21(26(17-20)42(37,38)39)27-24-15-18-5-1-11-32-13-3-7-22(28(18)32)30(24)40-31-23-8-4-14-33-12-2-6-19(29(23)33)16-25(27)31;21-11-5-9-13(7-3-1-2-4-8(7)20(27)28)10-6-12(22)17(26)15(24)19(10)29-18(9)14(23)16(11)25;10-9-6-5-7-3-1-2-4-8(7)11-9/h9-10,15-17H,1-8,11-14H2,(H-,34,35,36,37,38,39);1-6,25H,(H,27,28);1-6H/p+1. The van der Waals surface area contributed by atoms with E-state index in [0.29, 0.717) is 53.7 Å². The van der Waals surface area contributed by atoms with Crippen LogP contribution in [-0.4, -0.2) is 68.3 Å². The number of aromatic hydroxyl groups is 1. The third-order valence-electron chi connectivity index (χ3n) is 15.5. The van der Waals surface area contributed by atoms with Crippen molar-refractivity contribution < 1.29 is 54.5 Å². The van der Waals surface area contributed by atoms with Crippen LogP contribution in [0.5, 0.6) is 17.2 Å². The van der Waals surface area contributed by atoms with Crippen LogP contribution >= 0.6 is 63.7 Å². The SMILES string of the molecule is O=C(O)c1ccccc1-c1c2cc(Br)c(=O)c(Br)c-2oc2c(Br)c(O)c(Br)cc12.O=S(=O)(O)c1ccc(C2=c3cc4c5c(c3Oc3c2cc2c6c3CCCN6CCC2)CCC[N+]=5CCC4)c(S(=O)(=O)O)c1.O=c1ccc2ccccc2o1. The van der Waals surface area contributed by atoms with Crippen LogP contribution in [-0.2, 0) is 45.9 Å². The van der Waals surface area contributed by atoms with Gasteiger partial charge in [0, 0.05) is 92.6 Å². The van der Waals surface area contributed by atoms with E-state index in [4.69, 9.17) is 13.6 Å². The first-order valence-electron chi connectivity index (χ1n) is 26.0. The number of fused-ring (bicyclic) bond motifs is 7. The van der Waals surface area contributed by atoms with Gasteiger partial charge in [-0.15, -0.1) is 0 Å². The third-order valence-corrected chi connectivity index (χ3v) is 19.9. The summed E-state index contributed by atoms with van der Waals surface area (Å²) in [6.07, 6.45) is 7.47. The van der Waals surface area contributed by atoms with Gasteiger partial charge in [-0.3, -0.25) is 13.9 Å². The van der Waals surface area contributed by atoms with Gasteiger partial charge in [0.25, 0.3) is 20.2 Å². The van der Waals surface area contributed by atoms with E-state index in [0.717, 1.165) is 111 Å². The Bertz CT molecular complexity index is 4730. The predicted molar refractivity (Wildman–Crippen MR) is 323 cm³/mol. The van der Waals surface area contributed by atoms with Gasteiger partial charge in [-0.1, -0.05) is 42.5 Å². The highest BCUT2D eigenvalue weighted by Gasteiger charge is 2.37. The number of rotatable bonds is 5. The zero-order chi connectivity index (χ0) is 57.7. The Hall–Kier alpha value is -6.50. The second-order valence-corrected chi connectivity index (χ2v) is 26.5. The number of benzene rings is 7. The third kappa shape index (κ3) is 9.90. The topological polar surface area (TPSA) is 242 Å². The van der Waals surface area contributed by atoms with E-state index in [1.807, 2.05) is 18.2 Å². The first kappa shape index (κ1) is 56.0. The van der Waals surface area contributed by atoms with Crippen molar-refractivity contribution in [3.05, 3.63) is 191 Å². The van der Waals surface area contributed by atoms with Gasteiger partial charge in [0.05, 0.1) is 25.0 Å². The lowest BCUT2D eigenvalue weighted by Crippen LogP contribution is -2.45. The maximum Gasteiger partial charge on any atom is 0.336 e. The van der Waals surface area contributed by atoms with E-state index in [9.17, 15) is 50.5 Å². The summed E-state index contributed by atoms with van der Waals surface area (Å²) in [5.74, 6) is 0.509. The molecule has 14 rings (SSSR count). The van der Waals surface area contributed by atoms with Crippen molar-refractivity contribution in [3.8, 4) is 39.7 Å². The Labute approximate surface area is 501 Å². The smallest absolute Gasteiger partial charge is 0.336 e. The number of hydrogen-bond acceptors (Lipinski definition) is 12. The largest absolute Gasteiger partial charge is 0.505 e. The van der Waals surface area contributed by atoms with Gasteiger partial charge in [-0.25, -0.2) is 14.2 Å².